The van der Waals surface area contributed by atoms with Gasteiger partial charge in [-0.1, -0.05) is 27.2 Å². The fraction of sp³-hybridized carbons (Fsp3) is 0.765. The van der Waals surface area contributed by atoms with Gasteiger partial charge in [-0.15, -0.1) is 11.3 Å². The molecule has 20 heavy (non-hydrogen) atoms. The zero-order chi connectivity index (χ0) is 14.5. The Morgan fingerprint density at radius 3 is 2.80 bits per heavy atom. The molecule has 0 aliphatic heterocycles. The maximum absolute atomic E-state index is 5.56. The van der Waals surface area contributed by atoms with Crippen LogP contribution < -0.4 is 10.1 Å². The van der Waals surface area contributed by atoms with Crippen LogP contribution in [0, 0.1) is 17.8 Å². The van der Waals surface area contributed by atoms with Gasteiger partial charge in [0, 0.05) is 6.04 Å². The van der Waals surface area contributed by atoms with Crippen LogP contribution >= 0.6 is 11.3 Å². The van der Waals surface area contributed by atoms with Crippen LogP contribution in [0.25, 0.3) is 0 Å². The number of hydrogen-bond acceptors (Lipinski definition) is 3. The highest BCUT2D eigenvalue weighted by atomic mass is 32.1. The van der Waals surface area contributed by atoms with E-state index in [0.717, 1.165) is 30.0 Å². The van der Waals surface area contributed by atoms with Crippen LogP contribution in [0.2, 0.25) is 0 Å². The minimum Gasteiger partial charge on any atom is -0.496 e. The van der Waals surface area contributed by atoms with Crippen molar-refractivity contribution in [2.45, 2.75) is 52.5 Å². The Morgan fingerprint density at radius 1 is 1.35 bits per heavy atom. The Morgan fingerprint density at radius 2 is 2.15 bits per heavy atom. The van der Waals surface area contributed by atoms with Crippen LogP contribution in [0.1, 0.15) is 57.4 Å². The highest BCUT2D eigenvalue weighted by molar-refractivity contribution is 7.10. The summed E-state index contributed by atoms with van der Waals surface area (Å²) in [4.78, 5) is 1.40. The molecule has 2 rings (SSSR count). The third kappa shape index (κ3) is 3.56. The Labute approximate surface area is 127 Å². The second-order valence-electron chi connectivity index (χ2n) is 6.31. The predicted molar refractivity (Wildman–Crippen MR) is 87.6 cm³/mol. The lowest BCUT2D eigenvalue weighted by atomic mass is 9.73. The van der Waals surface area contributed by atoms with Crippen molar-refractivity contribution < 1.29 is 4.74 Å². The van der Waals surface area contributed by atoms with E-state index in [0.29, 0.717) is 6.04 Å². The van der Waals surface area contributed by atoms with Gasteiger partial charge in [-0.2, -0.15) is 0 Å². The van der Waals surface area contributed by atoms with Gasteiger partial charge in [-0.05, 0) is 55.0 Å². The van der Waals surface area contributed by atoms with Gasteiger partial charge in [-0.3, -0.25) is 0 Å². The highest BCUT2D eigenvalue weighted by Gasteiger charge is 2.32. The minimum atomic E-state index is 0.472. The summed E-state index contributed by atoms with van der Waals surface area (Å²) in [6, 6.07) is 2.58. The summed E-state index contributed by atoms with van der Waals surface area (Å²) in [7, 11) is 1.79. The molecule has 1 aromatic heterocycles. The van der Waals surface area contributed by atoms with Gasteiger partial charge in [0.15, 0.2) is 0 Å². The van der Waals surface area contributed by atoms with E-state index in [1.807, 2.05) is 11.3 Å². The smallest absolute Gasteiger partial charge is 0.134 e. The van der Waals surface area contributed by atoms with E-state index in [2.05, 4.69) is 37.5 Å². The number of thiophene rings is 1. The van der Waals surface area contributed by atoms with E-state index in [4.69, 9.17) is 4.74 Å². The second kappa shape index (κ2) is 7.46. The van der Waals surface area contributed by atoms with Crippen molar-refractivity contribution in [1.29, 1.82) is 0 Å². The maximum Gasteiger partial charge on any atom is 0.134 e. The Balaban J connectivity index is 2.15. The van der Waals surface area contributed by atoms with E-state index in [1.165, 1.54) is 30.6 Å². The summed E-state index contributed by atoms with van der Waals surface area (Å²) in [6.45, 7) is 8.15. The molecule has 1 fully saturated rings. The van der Waals surface area contributed by atoms with Crippen LogP contribution in [-0.4, -0.2) is 13.7 Å². The molecule has 2 nitrogen and oxygen atoms in total. The van der Waals surface area contributed by atoms with Crippen molar-refractivity contribution >= 4 is 11.3 Å². The first kappa shape index (κ1) is 15.8. The molecule has 1 aliphatic rings. The molecular formula is C17H29NOS. The van der Waals surface area contributed by atoms with Crippen molar-refractivity contribution in [1.82, 2.24) is 5.32 Å². The molecule has 3 heteroatoms. The van der Waals surface area contributed by atoms with Crippen LogP contribution in [-0.2, 0) is 0 Å². The minimum absolute atomic E-state index is 0.472. The quantitative estimate of drug-likeness (QED) is 0.808. The maximum atomic E-state index is 5.56. The molecule has 1 saturated carbocycles. The number of methoxy groups -OCH3 is 1. The predicted octanol–water partition coefficient (Wildman–Crippen LogP) is 4.87. The van der Waals surface area contributed by atoms with Crippen molar-refractivity contribution in [3.05, 3.63) is 16.3 Å². The first-order chi connectivity index (χ1) is 9.67. The average molecular weight is 295 g/mol. The van der Waals surface area contributed by atoms with Gasteiger partial charge in [0.05, 0.1) is 12.0 Å². The zero-order valence-electron chi connectivity index (χ0n) is 13.3. The van der Waals surface area contributed by atoms with Crippen molar-refractivity contribution in [3.8, 4) is 5.75 Å². The molecule has 0 bridgehead atoms. The van der Waals surface area contributed by atoms with Crippen molar-refractivity contribution in [3.63, 3.8) is 0 Å². The number of rotatable bonds is 6. The summed E-state index contributed by atoms with van der Waals surface area (Å²) in [5, 5.41) is 5.94. The molecule has 0 radical (unpaired) electrons. The van der Waals surface area contributed by atoms with Gasteiger partial charge in [0.1, 0.15) is 5.75 Å². The van der Waals surface area contributed by atoms with Gasteiger partial charge in [0.25, 0.3) is 0 Å². The lowest BCUT2D eigenvalue weighted by molar-refractivity contribution is 0.171. The molecule has 0 saturated heterocycles. The highest BCUT2D eigenvalue weighted by Crippen LogP contribution is 2.43. The number of nitrogens with one attached hydrogen (secondary N) is 1. The van der Waals surface area contributed by atoms with Crippen molar-refractivity contribution in [2.75, 3.05) is 13.7 Å². The van der Waals surface area contributed by atoms with E-state index < -0.39 is 0 Å². The lowest BCUT2D eigenvalue weighted by Gasteiger charge is -2.37. The number of ether oxygens (including phenoxy) is 1. The molecule has 0 amide bonds. The van der Waals surface area contributed by atoms with Gasteiger partial charge in [-0.25, -0.2) is 0 Å². The van der Waals surface area contributed by atoms with Crippen LogP contribution in [0.3, 0.4) is 0 Å². The van der Waals surface area contributed by atoms with E-state index in [-0.39, 0.29) is 0 Å². The van der Waals surface area contributed by atoms with Gasteiger partial charge >= 0.3 is 0 Å². The van der Waals surface area contributed by atoms with Crippen LogP contribution in [0.5, 0.6) is 5.75 Å². The number of hydrogen-bond donors (Lipinski definition) is 1. The standard InChI is InChI=1S/C17H29NOS/c1-5-9-18-16(17-15(19-4)8-10-20-17)14-7-6-12(2)13(3)11-14/h8,10,12-14,16,18H,5-7,9,11H2,1-4H3. The third-order valence-electron chi connectivity index (χ3n) is 4.88. The van der Waals surface area contributed by atoms with Gasteiger partial charge in [0.2, 0.25) is 0 Å². The Bertz CT molecular complexity index is 403. The van der Waals surface area contributed by atoms with Crippen LogP contribution in [0.15, 0.2) is 11.4 Å². The first-order valence-electron chi connectivity index (χ1n) is 8.02. The fourth-order valence-electron chi connectivity index (χ4n) is 3.37. The Kier molecular flexibility index (Phi) is 5.91. The lowest BCUT2D eigenvalue weighted by Crippen LogP contribution is -2.33. The summed E-state index contributed by atoms with van der Waals surface area (Å²) >= 11 is 1.84. The SMILES string of the molecule is CCCNC(c1sccc1OC)C1CCC(C)C(C)C1. The molecular weight excluding hydrogens is 266 g/mol. The molecule has 1 aliphatic carbocycles. The normalized spacial score (nSPS) is 28.3. The summed E-state index contributed by atoms with van der Waals surface area (Å²) in [5.41, 5.74) is 0. The van der Waals surface area contributed by atoms with Crippen LogP contribution in [0.4, 0.5) is 0 Å². The summed E-state index contributed by atoms with van der Waals surface area (Å²) in [5.74, 6) is 3.53. The molecule has 1 aromatic rings. The topological polar surface area (TPSA) is 21.3 Å². The van der Waals surface area contributed by atoms with Gasteiger partial charge < -0.3 is 10.1 Å². The van der Waals surface area contributed by atoms with Crippen molar-refractivity contribution in [2.24, 2.45) is 17.8 Å². The van der Waals surface area contributed by atoms with E-state index >= 15 is 0 Å². The molecule has 0 aromatic carbocycles. The molecule has 114 valence electrons. The summed E-state index contributed by atoms with van der Waals surface area (Å²) < 4.78 is 5.56. The second-order valence-corrected chi connectivity index (χ2v) is 7.26. The molecule has 4 unspecified atom stereocenters. The largest absolute Gasteiger partial charge is 0.496 e. The summed E-state index contributed by atoms with van der Waals surface area (Å²) in [6.07, 6.45) is 5.23. The Hall–Kier alpha value is -0.540. The third-order valence-corrected chi connectivity index (χ3v) is 5.87. The molecule has 1 heterocycles. The van der Waals surface area contributed by atoms with E-state index in [9.17, 15) is 0 Å². The zero-order valence-corrected chi connectivity index (χ0v) is 14.1. The molecule has 1 N–H and O–H groups in total. The molecule has 4 atom stereocenters. The molecule has 0 spiro atoms. The first-order valence-corrected chi connectivity index (χ1v) is 8.90. The fourth-order valence-corrected chi connectivity index (χ4v) is 4.40. The van der Waals surface area contributed by atoms with E-state index in [1.54, 1.807) is 7.11 Å². The average Bonchev–Trinajstić information content (AvgIpc) is 2.91. The monoisotopic (exact) mass is 295 g/mol.